The highest BCUT2D eigenvalue weighted by Crippen LogP contribution is 2.14. The van der Waals surface area contributed by atoms with Crippen molar-refractivity contribution in [3.05, 3.63) is 40.8 Å². The number of ether oxygens (including phenoxy) is 1. The summed E-state index contributed by atoms with van der Waals surface area (Å²) in [6.45, 7) is 6.89. The van der Waals surface area contributed by atoms with Crippen LogP contribution in [-0.2, 0) is 20.0 Å². The smallest absolute Gasteiger partial charge is 0.218 e. The number of aryl methyl sites for hydroxylation is 2. The summed E-state index contributed by atoms with van der Waals surface area (Å²) >= 11 is 0. The van der Waals surface area contributed by atoms with Crippen LogP contribution in [0, 0.1) is 13.8 Å². The van der Waals surface area contributed by atoms with Crippen LogP contribution in [0.3, 0.4) is 0 Å². The molecule has 0 saturated carbocycles. The zero-order valence-corrected chi connectivity index (χ0v) is 15.9. The van der Waals surface area contributed by atoms with Crippen LogP contribution in [-0.4, -0.2) is 40.9 Å². The first kappa shape index (κ1) is 18.8. The number of rotatable bonds is 6. The Labute approximate surface area is 149 Å². The van der Waals surface area contributed by atoms with Crippen molar-refractivity contribution in [3.63, 3.8) is 0 Å². The normalized spacial score (nSPS) is 12.8. The van der Waals surface area contributed by atoms with Gasteiger partial charge in [-0.2, -0.15) is 5.10 Å². The van der Waals surface area contributed by atoms with Crippen LogP contribution in [0.15, 0.2) is 23.3 Å². The summed E-state index contributed by atoms with van der Waals surface area (Å²) in [4.78, 5) is 8.51. The molecule has 0 bridgehead atoms. The van der Waals surface area contributed by atoms with E-state index in [1.807, 2.05) is 23.9 Å². The van der Waals surface area contributed by atoms with Crippen LogP contribution < -0.4 is 15.4 Å². The van der Waals surface area contributed by atoms with E-state index in [1.54, 1.807) is 20.4 Å². The van der Waals surface area contributed by atoms with E-state index in [2.05, 4.69) is 46.5 Å². The van der Waals surface area contributed by atoms with Gasteiger partial charge < -0.3 is 15.4 Å². The van der Waals surface area contributed by atoms with Crippen LogP contribution in [0.2, 0.25) is 0 Å². The summed E-state index contributed by atoms with van der Waals surface area (Å²) in [7, 11) is 5.37. The van der Waals surface area contributed by atoms with Crippen molar-refractivity contribution in [1.82, 2.24) is 25.4 Å². The van der Waals surface area contributed by atoms with Crippen LogP contribution in [0.1, 0.15) is 29.4 Å². The van der Waals surface area contributed by atoms with Gasteiger partial charge in [0.15, 0.2) is 5.96 Å². The number of hydrogen-bond donors (Lipinski definition) is 2. The molecular formula is C18H28N6O. The molecule has 1 atom stereocenters. The van der Waals surface area contributed by atoms with Crippen molar-refractivity contribution in [2.75, 3.05) is 14.2 Å². The van der Waals surface area contributed by atoms with Crippen molar-refractivity contribution in [1.29, 1.82) is 0 Å². The van der Waals surface area contributed by atoms with Gasteiger partial charge >= 0.3 is 0 Å². The maximum atomic E-state index is 5.28. The predicted octanol–water partition coefficient (Wildman–Crippen LogP) is 1.74. The third kappa shape index (κ3) is 4.71. The fourth-order valence-electron chi connectivity index (χ4n) is 2.82. The zero-order valence-electron chi connectivity index (χ0n) is 15.9. The summed E-state index contributed by atoms with van der Waals surface area (Å²) in [6, 6.07) is 4.10. The Bertz CT molecular complexity index is 737. The molecule has 0 fully saturated rings. The van der Waals surface area contributed by atoms with Crippen molar-refractivity contribution in [2.45, 2.75) is 39.8 Å². The summed E-state index contributed by atoms with van der Waals surface area (Å²) in [5.41, 5.74) is 4.55. The largest absolute Gasteiger partial charge is 0.481 e. The van der Waals surface area contributed by atoms with Gasteiger partial charge in [-0.3, -0.25) is 9.67 Å². The average Bonchev–Trinajstić information content (AvgIpc) is 2.85. The minimum atomic E-state index is 0.226. The maximum absolute atomic E-state index is 5.28. The first-order valence-corrected chi connectivity index (χ1v) is 8.40. The molecule has 2 aromatic rings. The number of hydrogen-bond acceptors (Lipinski definition) is 4. The summed E-state index contributed by atoms with van der Waals surface area (Å²) in [5, 5.41) is 11.2. The fraction of sp³-hybridized carbons (Fsp3) is 0.500. The maximum Gasteiger partial charge on any atom is 0.218 e. The number of aromatic nitrogens is 3. The van der Waals surface area contributed by atoms with E-state index in [-0.39, 0.29) is 6.04 Å². The Morgan fingerprint density at radius 3 is 2.76 bits per heavy atom. The molecule has 7 heteroatoms. The SMILES string of the molecule is CN=C(NCc1cccnc1OC)NC(C)Cc1c(C)nn(C)c1C. The van der Waals surface area contributed by atoms with Crippen molar-refractivity contribution in [3.8, 4) is 5.88 Å². The highest BCUT2D eigenvalue weighted by atomic mass is 16.5. The monoisotopic (exact) mass is 344 g/mol. The quantitative estimate of drug-likeness (QED) is 0.617. The lowest BCUT2D eigenvalue weighted by molar-refractivity contribution is 0.392. The van der Waals surface area contributed by atoms with Crippen LogP contribution in [0.4, 0.5) is 0 Å². The van der Waals surface area contributed by atoms with E-state index in [4.69, 9.17) is 4.74 Å². The van der Waals surface area contributed by atoms with Gasteiger partial charge in [0.05, 0.1) is 12.8 Å². The number of pyridine rings is 1. The number of aliphatic imine (C=N–C) groups is 1. The van der Waals surface area contributed by atoms with Crippen LogP contribution >= 0.6 is 0 Å². The van der Waals surface area contributed by atoms with Gasteiger partial charge in [0.25, 0.3) is 0 Å². The van der Waals surface area contributed by atoms with E-state index in [0.29, 0.717) is 12.4 Å². The number of methoxy groups -OCH3 is 1. The topological polar surface area (TPSA) is 76.4 Å². The fourth-order valence-corrected chi connectivity index (χ4v) is 2.82. The van der Waals surface area contributed by atoms with Gasteiger partial charge in [-0.1, -0.05) is 6.07 Å². The van der Waals surface area contributed by atoms with Crippen molar-refractivity contribution >= 4 is 5.96 Å². The Balaban J connectivity index is 1.95. The lowest BCUT2D eigenvalue weighted by Crippen LogP contribution is -2.42. The predicted molar refractivity (Wildman–Crippen MR) is 100.0 cm³/mol. The molecule has 0 aliphatic carbocycles. The molecular weight excluding hydrogens is 316 g/mol. The van der Waals surface area contributed by atoms with E-state index < -0.39 is 0 Å². The highest BCUT2D eigenvalue weighted by molar-refractivity contribution is 5.80. The Morgan fingerprint density at radius 2 is 2.16 bits per heavy atom. The van der Waals surface area contributed by atoms with Gasteiger partial charge in [0.1, 0.15) is 0 Å². The van der Waals surface area contributed by atoms with Crippen molar-refractivity contribution < 1.29 is 4.74 Å². The van der Waals surface area contributed by atoms with E-state index in [9.17, 15) is 0 Å². The second-order valence-corrected chi connectivity index (χ2v) is 6.12. The number of nitrogens with one attached hydrogen (secondary N) is 2. The summed E-state index contributed by atoms with van der Waals surface area (Å²) in [5.74, 6) is 1.37. The summed E-state index contributed by atoms with van der Waals surface area (Å²) in [6.07, 6.45) is 2.61. The van der Waals surface area contributed by atoms with Crippen LogP contribution in [0.5, 0.6) is 5.88 Å². The zero-order chi connectivity index (χ0) is 18.4. The molecule has 0 radical (unpaired) electrons. The summed E-state index contributed by atoms with van der Waals surface area (Å²) < 4.78 is 7.21. The lowest BCUT2D eigenvalue weighted by Gasteiger charge is -2.18. The second kappa shape index (κ2) is 8.50. The van der Waals surface area contributed by atoms with Gasteiger partial charge in [-0.25, -0.2) is 4.98 Å². The molecule has 0 aliphatic rings. The molecule has 2 heterocycles. The molecule has 136 valence electrons. The molecule has 2 aromatic heterocycles. The standard InChI is InChI=1S/C18H28N6O/c1-12(10-16-13(2)23-24(5)14(16)3)22-18(19-4)21-11-15-8-7-9-20-17(15)25-6/h7-9,12H,10-11H2,1-6H3,(H2,19,21,22). The van der Waals surface area contributed by atoms with Crippen molar-refractivity contribution in [2.24, 2.45) is 12.0 Å². The molecule has 0 spiro atoms. The number of guanidine groups is 1. The molecule has 25 heavy (non-hydrogen) atoms. The average molecular weight is 344 g/mol. The molecule has 2 N–H and O–H groups in total. The molecule has 0 aliphatic heterocycles. The second-order valence-electron chi connectivity index (χ2n) is 6.12. The lowest BCUT2D eigenvalue weighted by atomic mass is 10.1. The van der Waals surface area contributed by atoms with Gasteiger partial charge in [-0.15, -0.1) is 0 Å². The molecule has 7 nitrogen and oxygen atoms in total. The Hall–Kier alpha value is -2.57. The third-order valence-corrected chi connectivity index (χ3v) is 4.27. The highest BCUT2D eigenvalue weighted by Gasteiger charge is 2.14. The van der Waals surface area contributed by atoms with Gasteiger partial charge in [0.2, 0.25) is 5.88 Å². The minimum absolute atomic E-state index is 0.226. The Morgan fingerprint density at radius 1 is 1.40 bits per heavy atom. The van der Waals surface area contributed by atoms with E-state index >= 15 is 0 Å². The minimum Gasteiger partial charge on any atom is -0.481 e. The van der Waals surface area contributed by atoms with E-state index in [1.165, 1.54) is 11.3 Å². The molecule has 1 unspecified atom stereocenters. The van der Waals surface area contributed by atoms with Crippen LogP contribution in [0.25, 0.3) is 0 Å². The molecule has 0 amide bonds. The molecule has 2 rings (SSSR count). The molecule has 0 saturated heterocycles. The number of nitrogens with zero attached hydrogens (tertiary/aromatic N) is 4. The first-order valence-electron chi connectivity index (χ1n) is 8.40. The first-order chi connectivity index (χ1) is 12.0. The van der Waals surface area contributed by atoms with Gasteiger partial charge in [0, 0.05) is 44.1 Å². The Kier molecular flexibility index (Phi) is 6.38. The molecule has 0 aromatic carbocycles. The van der Waals surface area contributed by atoms with E-state index in [0.717, 1.165) is 23.6 Å². The van der Waals surface area contributed by atoms with Gasteiger partial charge in [-0.05, 0) is 38.8 Å². The third-order valence-electron chi connectivity index (χ3n) is 4.27.